The maximum Gasteiger partial charge on any atom is 0.416 e. The van der Waals surface area contributed by atoms with Crippen molar-refractivity contribution in [2.45, 2.75) is 19.5 Å². The summed E-state index contributed by atoms with van der Waals surface area (Å²) < 4.78 is 52.2. The van der Waals surface area contributed by atoms with Crippen LogP contribution in [-0.4, -0.2) is 16.5 Å². The van der Waals surface area contributed by atoms with Crippen LogP contribution in [0.4, 0.5) is 34.9 Å². The van der Waals surface area contributed by atoms with Gasteiger partial charge in [-0.2, -0.15) is 13.2 Å². The van der Waals surface area contributed by atoms with Gasteiger partial charge in [-0.05, 0) is 43.2 Å². The minimum absolute atomic E-state index is 0.268. The number of anilines is 3. The zero-order chi connectivity index (χ0) is 20.1. The third-order valence-electron chi connectivity index (χ3n) is 3.96. The maximum atomic E-state index is 13.7. The van der Waals surface area contributed by atoms with Crippen molar-refractivity contribution in [3.8, 4) is 0 Å². The normalized spacial score (nSPS) is 11.3. The van der Waals surface area contributed by atoms with Crippen molar-refractivity contribution in [3.63, 3.8) is 0 Å². The predicted octanol–water partition coefficient (Wildman–Crippen LogP) is 5.34. The van der Waals surface area contributed by atoms with E-state index in [2.05, 4.69) is 20.6 Å². The van der Waals surface area contributed by atoms with Crippen LogP contribution in [0.5, 0.6) is 0 Å². The van der Waals surface area contributed by atoms with Crippen molar-refractivity contribution < 1.29 is 17.6 Å². The van der Waals surface area contributed by atoms with Gasteiger partial charge in [-0.25, -0.2) is 14.4 Å². The van der Waals surface area contributed by atoms with Gasteiger partial charge in [0.1, 0.15) is 23.3 Å². The smallest absolute Gasteiger partial charge is 0.370 e. The van der Waals surface area contributed by atoms with E-state index in [0.717, 1.165) is 12.1 Å². The molecule has 2 aromatic carbocycles. The second kappa shape index (κ2) is 8.24. The van der Waals surface area contributed by atoms with Crippen LogP contribution >= 0.6 is 0 Å². The number of halogens is 4. The molecule has 0 saturated heterocycles. The first-order valence-corrected chi connectivity index (χ1v) is 8.58. The number of benzene rings is 2. The Balaban J connectivity index is 1.69. The molecular weight excluding hydrogens is 372 g/mol. The van der Waals surface area contributed by atoms with E-state index in [1.54, 1.807) is 31.2 Å². The molecule has 1 heterocycles. The summed E-state index contributed by atoms with van der Waals surface area (Å²) in [6.45, 7) is 2.12. The molecule has 146 valence electrons. The number of nitrogens with zero attached hydrogens (tertiary/aromatic N) is 2. The van der Waals surface area contributed by atoms with Crippen molar-refractivity contribution in [1.82, 2.24) is 9.97 Å². The average molecular weight is 390 g/mol. The fourth-order valence-electron chi connectivity index (χ4n) is 2.67. The van der Waals surface area contributed by atoms with Gasteiger partial charge in [-0.15, -0.1) is 0 Å². The van der Waals surface area contributed by atoms with E-state index in [-0.39, 0.29) is 11.5 Å². The molecule has 28 heavy (non-hydrogen) atoms. The van der Waals surface area contributed by atoms with Gasteiger partial charge >= 0.3 is 6.18 Å². The Hall–Kier alpha value is -3.16. The summed E-state index contributed by atoms with van der Waals surface area (Å²) in [7, 11) is 0. The monoisotopic (exact) mass is 390 g/mol. The molecule has 0 atom stereocenters. The van der Waals surface area contributed by atoms with Crippen LogP contribution in [0.3, 0.4) is 0 Å². The van der Waals surface area contributed by atoms with Crippen LogP contribution in [-0.2, 0) is 12.6 Å². The zero-order valence-corrected chi connectivity index (χ0v) is 15.0. The highest BCUT2D eigenvalue weighted by Gasteiger charge is 2.30. The molecule has 0 amide bonds. The van der Waals surface area contributed by atoms with E-state index >= 15 is 0 Å². The summed E-state index contributed by atoms with van der Waals surface area (Å²) in [5, 5.41) is 5.95. The number of alkyl halides is 3. The Bertz CT molecular complexity index is 957. The molecule has 0 fully saturated rings. The second-order valence-corrected chi connectivity index (χ2v) is 6.16. The number of hydrogen-bond acceptors (Lipinski definition) is 4. The molecule has 3 rings (SSSR count). The molecule has 2 N–H and O–H groups in total. The molecule has 1 aromatic heterocycles. The van der Waals surface area contributed by atoms with Gasteiger partial charge in [-0.1, -0.05) is 24.3 Å². The Morgan fingerprint density at radius 1 is 0.929 bits per heavy atom. The summed E-state index contributed by atoms with van der Waals surface area (Å²) in [6, 6.07) is 13.0. The molecular formula is C20H18F4N4. The third-order valence-corrected chi connectivity index (χ3v) is 3.96. The molecule has 0 unspecified atom stereocenters. The minimum Gasteiger partial charge on any atom is -0.370 e. The lowest BCUT2D eigenvalue weighted by Crippen LogP contribution is -2.09. The van der Waals surface area contributed by atoms with Gasteiger partial charge in [0.2, 0.25) is 0 Å². The summed E-state index contributed by atoms with van der Waals surface area (Å²) in [6.07, 6.45) is -3.95. The lowest BCUT2D eigenvalue weighted by molar-refractivity contribution is -0.137. The first-order valence-electron chi connectivity index (χ1n) is 8.58. The Morgan fingerprint density at radius 2 is 1.68 bits per heavy atom. The van der Waals surface area contributed by atoms with Crippen LogP contribution in [0.25, 0.3) is 0 Å². The predicted molar refractivity (Wildman–Crippen MR) is 100 cm³/mol. The van der Waals surface area contributed by atoms with E-state index < -0.39 is 11.7 Å². The van der Waals surface area contributed by atoms with Gasteiger partial charge in [0.25, 0.3) is 0 Å². The number of rotatable bonds is 6. The number of aryl methyl sites for hydroxylation is 1. The van der Waals surface area contributed by atoms with Gasteiger partial charge in [0, 0.05) is 18.3 Å². The fraction of sp³-hybridized carbons (Fsp3) is 0.200. The summed E-state index contributed by atoms with van der Waals surface area (Å²) in [4.78, 5) is 8.45. The van der Waals surface area contributed by atoms with Crippen LogP contribution < -0.4 is 10.6 Å². The molecule has 0 radical (unpaired) electrons. The molecule has 0 saturated carbocycles. The van der Waals surface area contributed by atoms with Crippen molar-refractivity contribution in [2.24, 2.45) is 0 Å². The van der Waals surface area contributed by atoms with Crippen molar-refractivity contribution in [1.29, 1.82) is 0 Å². The largest absolute Gasteiger partial charge is 0.416 e. The molecule has 3 aromatic rings. The topological polar surface area (TPSA) is 49.8 Å². The molecule has 0 aliphatic carbocycles. The van der Waals surface area contributed by atoms with Gasteiger partial charge in [0.05, 0.1) is 5.56 Å². The summed E-state index contributed by atoms with van der Waals surface area (Å²) in [5.41, 5.74) is 0.111. The molecule has 0 aliphatic heterocycles. The quantitative estimate of drug-likeness (QED) is 0.558. The molecule has 0 bridgehead atoms. The van der Waals surface area contributed by atoms with Gasteiger partial charge in [0.15, 0.2) is 0 Å². The van der Waals surface area contributed by atoms with Crippen molar-refractivity contribution >= 4 is 17.3 Å². The highest BCUT2D eigenvalue weighted by Crippen LogP contribution is 2.31. The average Bonchev–Trinajstić information content (AvgIpc) is 2.62. The van der Waals surface area contributed by atoms with Crippen molar-refractivity contribution in [3.05, 3.63) is 77.4 Å². The van der Waals surface area contributed by atoms with Gasteiger partial charge < -0.3 is 10.6 Å². The molecule has 0 aliphatic rings. The number of nitrogens with one attached hydrogen (secondary N) is 2. The zero-order valence-electron chi connectivity index (χ0n) is 15.0. The van der Waals surface area contributed by atoms with E-state index in [4.69, 9.17) is 0 Å². The van der Waals surface area contributed by atoms with Crippen LogP contribution in [0.15, 0.2) is 54.6 Å². The minimum atomic E-state index is -4.42. The fourth-order valence-corrected chi connectivity index (χ4v) is 2.67. The van der Waals surface area contributed by atoms with Crippen molar-refractivity contribution in [2.75, 3.05) is 17.2 Å². The lowest BCUT2D eigenvalue weighted by atomic mass is 10.1. The maximum absolute atomic E-state index is 13.7. The molecule has 8 heteroatoms. The highest BCUT2D eigenvalue weighted by molar-refractivity contribution is 5.60. The molecule has 0 spiro atoms. The lowest BCUT2D eigenvalue weighted by Gasteiger charge is -2.12. The second-order valence-electron chi connectivity index (χ2n) is 6.16. The van der Waals surface area contributed by atoms with E-state index in [9.17, 15) is 17.6 Å². The van der Waals surface area contributed by atoms with Crippen LogP contribution in [0, 0.1) is 12.7 Å². The molecule has 4 nitrogen and oxygen atoms in total. The van der Waals surface area contributed by atoms with E-state index in [0.29, 0.717) is 36.0 Å². The van der Waals surface area contributed by atoms with Crippen LogP contribution in [0.1, 0.15) is 17.0 Å². The van der Waals surface area contributed by atoms with Gasteiger partial charge in [-0.3, -0.25) is 0 Å². The number of hydrogen-bond donors (Lipinski definition) is 2. The summed E-state index contributed by atoms with van der Waals surface area (Å²) in [5.74, 6) is 1.04. The Morgan fingerprint density at radius 3 is 2.43 bits per heavy atom. The highest BCUT2D eigenvalue weighted by atomic mass is 19.4. The third kappa shape index (κ3) is 5.18. The SMILES string of the molecule is Cc1nc(NCCc2ccccc2F)cc(Nc2cccc(C(F)(F)F)c2)n1. The first-order chi connectivity index (χ1) is 13.3. The number of aromatic nitrogens is 2. The summed E-state index contributed by atoms with van der Waals surface area (Å²) >= 11 is 0. The Labute approximate surface area is 159 Å². The Kier molecular flexibility index (Phi) is 5.77. The van der Waals surface area contributed by atoms with E-state index in [1.165, 1.54) is 18.2 Å². The van der Waals surface area contributed by atoms with Crippen LogP contribution in [0.2, 0.25) is 0 Å². The first kappa shape index (κ1) is 19.6. The van der Waals surface area contributed by atoms with E-state index in [1.807, 2.05) is 0 Å². The standard InChI is InChI=1S/C20H18F4N4/c1-13-26-18(25-10-9-14-5-2-3-8-17(14)21)12-19(27-13)28-16-7-4-6-15(11-16)20(22,23)24/h2-8,11-12H,9-10H2,1H3,(H2,25,26,27,28).